The van der Waals surface area contributed by atoms with Gasteiger partial charge in [-0.1, -0.05) is 42.8 Å². The van der Waals surface area contributed by atoms with Gasteiger partial charge in [-0.2, -0.15) is 0 Å². The van der Waals surface area contributed by atoms with Gasteiger partial charge in [0.05, 0.1) is 0 Å². The summed E-state index contributed by atoms with van der Waals surface area (Å²) in [6, 6.07) is 13.1. The number of nitrogens with one attached hydrogen (secondary N) is 1. The maximum absolute atomic E-state index is 13.8. The minimum Gasteiger partial charge on any atom is -0.313 e. The molecule has 2 rings (SSSR count). The third-order valence-corrected chi connectivity index (χ3v) is 3.55. The van der Waals surface area contributed by atoms with Crippen LogP contribution in [0, 0.1) is 5.82 Å². The SMILES string of the molecule is CCC(NC)c1ccc(-c2ccc(Cl)cc2F)cc1. The molecule has 0 bridgehead atoms. The third-order valence-electron chi connectivity index (χ3n) is 3.31. The summed E-state index contributed by atoms with van der Waals surface area (Å²) in [6.45, 7) is 2.13. The Morgan fingerprint density at radius 1 is 1.16 bits per heavy atom. The van der Waals surface area contributed by atoms with Crippen LogP contribution in [0.25, 0.3) is 11.1 Å². The highest BCUT2D eigenvalue weighted by atomic mass is 35.5. The lowest BCUT2D eigenvalue weighted by molar-refractivity contribution is 0.577. The Labute approximate surface area is 118 Å². The van der Waals surface area contributed by atoms with Crippen molar-refractivity contribution in [3.63, 3.8) is 0 Å². The molecule has 0 saturated carbocycles. The normalized spacial score (nSPS) is 12.4. The average molecular weight is 278 g/mol. The highest BCUT2D eigenvalue weighted by molar-refractivity contribution is 6.30. The van der Waals surface area contributed by atoms with E-state index in [1.54, 1.807) is 12.1 Å². The molecule has 1 unspecified atom stereocenters. The molecule has 2 aromatic carbocycles. The van der Waals surface area contributed by atoms with Gasteiger partial charge >= 0.3 is 0 Å². The van der Waals surface area contributed by atoms with Crippen LogP contribution in [0.4, 0.5) is 4.39 Å². The van der Waals surface area contributed by atoms with E-state index in [4.69, 9.17) is 11.6 Å². The molecule has 2 aromatic rings. The van der Waals surface area contributed by atoms with Gasteiger partial charge in [0.25, 0.3) is 0 Å². The van der Waals surface area contributed by atoms with Crippen LogP contribution < -0.4 is 5.32 Å². The van der Waals surface area contributed by atoms with E-state index >= 15 is 0 Å². The molecular formula is C16H17ClFN. The predicted octanol–water partition coefficient (Wildman–Crippen LogP) is 4.82. The molecule has 100 valence electrons. The van der Waals surface area contributed by atoms with Crippen LogP contribution in [-0.2, 0) is 0 Å². The van der Waals surface area contributed by atoms with Crippen LogP contribution in [0.1, 0.15) is 24.9 Å². The second kappa shape index (κ2) is 6.18. The number of halogens is 2. The van der Waals surface area contributed by atoms with E-state index in [-0.39, 0.29) is 5.82 Å². The Bertz CT molecular complexity index is 547. The Hall–Kier alpha value is -1.38. The molecule has 0 spiro atoms. The number of benzene rings is 2. The molecule has 0 heterocycles. The zero-order valence-corrected chi connectivity index (χ0v) is 11.8. The largest absolute Gasteiger partial charge is 0.313 e. The lowest BCUT2D eigenvalue weighted by Crippen LogP contribution is -2.14. The molecule has 0 aromatic heterocycles. The van der Waals surface area contributed by atoms with Gasteiger partial charge < -0.3 is 5.32 Å². The van der Waals surface area contributed by atoms with Crippen LogP contribution >= 0.6 is 11.6 Å². The van der Waals surface area contributed by atoms with Crippen molar-refractivity contribution in [3.05, 3.63) is 58.9 Å². The molecule has 0 aliphatic rings. The summed E-state index contributed by atoms with van der Waals surface area (Å²) in [7, 11) is 1.95. The minimum absolute atomic E-state index is 0.291. The lowest BCUT2D eigenvalue weighted by Gasteiger charge is -2.14. The van der Waals surface area contributed by atoms with Gasteiger partial charge in [0.15, 0.2) is 0 Å². The van der Waals surface area contributed by atoms with E-state index in [0.29, 0.717) is 16.6 Å². The van der Waals surface area contributed by atoms with E-state index in [1.165, 1.54) is 11.6 Å². The molecule has 3 heteroatoms. The molecular weight excluding hydrogens is 261 g/mol. The van der Waals surface area contributed by atoms with Gasteiger partial charge in [0.1, 0.15) is 5.82 Å². The second-order valence-corrected chi connectivity index (χ2v) is 4.93. The van der Waals surface area contributed by atoms with Crippen molar-refractivity contribution in [2.45, 2.75) is 19.4 Å². The summed E-state index contributed by atoms with van der Waals surface area (Å²) < 4.78 is 13.8. The summed E-state index contributed by atoms with van der Waals surface area (Å²) in [5.74, 6) is -0.291. The Kier molecular flexibility index (Phi) is 4.56. The van der Waals surface area contributed by atoms with E-state index in [2.05, 4.69) is 12.2 Å². The van der Waals surface area contributed by atoms with E-state index in [1.807, 2.05) is 31.3 Å². The molecule has 0 radical (unpaired) electrons. The fourth-order valence-electron chi connectivity index (χ4n) is 2.23. The van der Waals surface area contributed by atoms with Gasteiger partial charge in [-0.25, -0.2) is 4.39 Å². The van der Waals surface area contributed by atoms with Crippen LogP contribution in [0.15, 0.2) is 42.5 Å². The predicted molar refractivity (Wildman–Crippen MR) is 78.9 cm³/mol. The number of hydrogen-bond donors (Lipinski definition) is 1. The molecule has 0 saturated heterocycles. The minimum atomic E-state index is -0.291. The Morgan fingerprint density at radius 3 is 2.37 bits per heavy atom. The molecule has 0 fully saturated rings. The van der Waals surface area contributed by atoms with Gasteiger partial charge in [-0.05, 0) is 42.8 Å². The van der Waals surface area contributed by atoms with E-state index < -0.39 is 0 Å². The number of hydrogen-bond acceptors (Lipinski definition) is 1. The van der Waals surface area contributed by atoms with Crippen LogP contribution in [0.2, 0.25) is 5.02 Å². The maximum Gasteiger partial charge on any atom is 0.132 e. The van der Waals surface area contributed by atoms with Crippen molar-refractivity contribution >= 4 is 11.6 Å². The molecule has 0 aliphatic heterocycles. The Morgan fingerprint density at radius 2 is 1.84 bits per heavy atom. The Balaban J connectivity index is 2.32. The fraction of sp³-hybridized carbons (Fsp3) is 0.250. The van der Waals surface area contributed by atoms with E-state index in [0.717, 1.165) is 12.0 Å². The maximum atomic E-state index is 13.8. The zero-order chi connectivity index (χ0) is 13.8. The smallest absolute Gasteiger partial charge is 0.132 e. The van der Waals surface area contributed by atoms with Crippen molar-refractivity contribution < 1.29 is 4.39 Å². The standard InChI is InChI=1S/C16H17ClFN/c1-3-16(19-2)12-6-4-11(5-7-12)14-9-8-13(17)10-15(14)18/h4-10,16,19H,3H2,1-2H3. The monoisotopic (exact) mass is 277 g/mol. The lowest BCUT2D eigenvalue weighted by atomic mass is 9.99. The van der Waals surface area contributed by atoms with Crippen molar-refractivity contribution in [1.82, 2.24) is 5.32 Å². The van der Waals surface area contributed by atoms with E-state index in [9.17, 15) is 4.39 Å². The van der Waals surface area contributed by atoms with Crippen molar-refractivity contribution in [3.8, 4) is 11.1 Å². The zero-order valence-electron chi connectivity index (χ0n) is 11.1. The summed E-state index contributed by atoms with van der Waals surface area (Å²) in [4.78, 5) is 0. The highest BCUT2D eigenvalue weighted by Gasteiger charge is 2.08. The first-order valence-electron chi connectivity index (χ1n) is 6.38. The summed E-state index contributed by atoms with van der Waals surface area (Å²) in [5.41, 5.74) is 2.65. The van der Waals surface area contributed by atoms with Gasteiger partial charge in [-0.3, -0.25) is 0 Å². The highest BCUT2D eigenvalue weighted by Crippen LogP contribution is 2.27. The van der Waals surface area contributed by atoms with Crippen LogP contribution in [0.5, 0.6) is 0 Å². The fourth-order valence-corrected chi connectivity index (χ4v) is 2.38. The average Bonchev–Trinajstić information content (AvgIpc) is 2.41. The molecule has 0 amide bonds. The first kappa shape index (κ1) is 14.0. The molecule has 0 aliphatic carbocycles. The summed E-state index contributed by atoms with van der Waals surface area (Å²) >= 11 is 5.76. The summed E-state index contributed by atoms with van der Waals surface area (Å²) in [5, 5.41) is 3.67. The summed E-state index contributed by atoms with van der Waals surface area (Å²) in [6.07, 6.45) is 1.02. The van der Waals surface area contributed by atoms with Crippen molar-refractivity contribution in [2.75, 3.05) is 7.05 Å². The molecule has 1 nitrogen and oxygen atoms in total. The first-order chi connectivity index (χ1) is 9.15. The van der Waals surface area contributed by atoms with Gasteiger partial charge in [0, 0.05) is 16.6 Å². The number of rotatable bonds is 4. The van der Waals surface area contributed by atoms with Gasteiger partial charge in [0.2, 0.25) is 0 Å². The topological polar surface area (TPSA) is 12.0 Å². The van der Waals surface area contributed by atoms with Crippen molar-refractivity contribution in [1.29, 1.82) is 0 Å². The second-order valence-electron chi connectivity index (χ2n) is 4.50. The van der Waals surface area contributed by atoms with Crippen molar-refractivity contribution in [2.24, 2.45) is 0 Å². The molecule has 1 N–H and O–H groups in total. The van der Waals surface area contributed by atoms with Crippen LogP contribution in [-0.4, -0.2) is 7.05 Å². The first-order valence-corrected chi connectivity index (χ1v) is 6.76. The quantitative estimate of drug-likeness (QED) is 0.845. The van der Waals surface area contributed by atoms with Gasteiger partial charge in [-0.15, -0.1) is 0 Å². The molecule has 19 heavy (non-hydrogen) atoms. The third kappa shape index (κ3) is 3.14. The molecule has 1 atom stereocenters. The van der Waals surface area contributed by atoms with Crippen LogP contribution in [0.3, 0.4) is 0 Å².